The molecule has 3 heterocycles. The molecular formula is C18H19N3O4S. The summed E-state index contributed by atoms with van der Waals surface area (Å²) < 4.78 is 13.0. The Morgan fingerprint density at radius 2 is 2.04 bits per heavy atom. The molecule has 1 atom stereocenters. The van der Waals surface area contributed by atoms with Gasteiger partial charge < -0.3 is 19.4 Å². The molecule has 0 radical (unpaired) electrons. The minimum absolute atomic E-state index is 0.119. The van der Waals surface area contributed by atoms with Gasteiger partial charge in [0.15, 0.2) is 16.7 Å². The van der Waals surface area contributed by atoms with E-state index in [4.69, 9.17) is 9.47 Å². The van der Waals surface area contributed by atoms with Gasteiger partial charge in [0.25, 0.3) is 5.56 Å². The van der Waals surface area contributed by atoms with E-state index in [0.717, 1.165) is 11.3 Å². The number of nitrogens with one attached hydrogen (secondary N) is 1. The van der Waals surface area contributed by atoms with Gasteiger partial charge in [-0.3, -0.25) is 9.59 Å². The molecule has 0 saturated heterocycles. The van der Waals surface area contributed by atoms with Gasteiger partial charge in [-0.2, -0.15) is 4.98 Å². The largest absolute Gasteiger partial charge is 0.486 e. The summed E-state index contributed by atoms with van der Waals surface area (Å²) in [5, 5.41) is 3.44. The lowest BCUT2D eigenvalue weighted by Gasteiger charge is -2.28. The van der Waals surface area contributed by atoms with E-state index >= 15 is 0 Å². The van der Waals surface area contributed by atoms with Crippen LogP contribution in [0.5, 0.6) is 11.5 Å². The zero-order chi connectivity index (χ0) is 18.3. The Morgan fingerprint density at radius 3 is 2.81 bits per heavy atom. The number of fused-ring (bicyclic) bond motifs is 2. The lowest BCUT2D eigenvalue weighted by molar-refractivity contribution is -0.116. The van der Waals surface area contributed by atoms with Gasteiger partial charge in [0.1, 0.15) is 19.0 Å². The molecule has 136 valence electrons. The van der Waals surface area contributed by atoms with Gasteiger partial charge in [-0.15, -0.1) is 0 Å². The summed E-state index contributed by atoms with van der Waals surface area (Å²) in [6.07, 6.45) is 0.198. The van der Waals surface area contributed by atoms with E-state index in [9.17, 15) is 9.59 Å². The first-order valence-corrected chi connectivity index (χ1v) is 9.50. The summed E-state index contributed by atoms with van der Waals surface area (Å²) in [5.74, 6) is 2.16. The number of carbonyl (C=O) groups excluding carboxylic acids is 1. The fourth-order valence-electron chi connectivity index (χ4n) is 3.35. The summed E-state index contributed by atoms with van der Waals surface area (Å²) in [4.78, 5) is 29.3. The average molecular weight is 373 g/mol. The normalized spacial score (nSPS) is 18.2. The summed E-state index contributed by atoms with van der Waals surface area (Å²) >= 11 is 1.47. The summed E-state index contributed by atoms with van der Waals surface area (Å²) in [5.41, 5.74) is 1.07. The molecule has 1 N–H and O–H groups in total. The second-order valence-corrected chi connectivity index (χ2v) is 7.39. The Balaban J connectivity index is 1.84. The molecule has 2 aliphatic rings. The Bertz CT molecular complexity index is 941. The first-order valence-electron chi connectivity index (χ1n) is 8.51. The van der Waals surface area contributed by atoms with E-state index in [0.29, 0.717) is 41.3 Å². The Kier molecular flexibility index (Phi) is 4.36. The summed E-state index contributed by atoms with van der Waals surface area (Å²) in [6.45, 7) is 3.00. The number of anilines is 1. The van der Waals surface area contributed by atoms with Crippen LogP contribution in [0, 0.1) is 0 Å². The van der Waals surface area contributed by atoms with E-state index in [1.54, 1.807) is 4.57 Å². The van der Waals surface area contributed by atoms with Crippen LogP contribution in [0.15, 0.2) is 28.2 Å². The highest BCUT2D eigenvalue weighted by molar-refractivity contribution is 7.99. The van der Waals surface area contributed by atoms with Crippen molar-refractivity contribution in [3.05, 3.63) is 39.7 Å². The van der Waals surface area contributed by atoms with Crippen molar-refractivity contribution in [1.29, 1.82) is 0 Å². The third-order valence-electron chi connectivity index (χ3n) is 4.54. The minimum Gasteiger partial charge on any atom is -0.486 e. The van der Waals surface area contributed by atoms with Crippen LogP contribution in [-0.4, -0.2) is 34.4 Å². The quantitative estimate of drug-likeness (QED) is 0.656. The van der Waals surface area contributed by atoms with Gasteiger partial charge >= 0.3 is 0 Å². The van der Waals surface area contributed by atoms with Gasteiger partial charge in [0, 0.05) is 19.4 Å². The third-order valence-corrected chi connectivity index (χ3v) is 5.45. The lowest BCUT2D eigenvalue weighted by atomic mass is 9.86. The van der Waals surface area contributed by atoms with Crippen molar-refractivity contribution in [2.75, 3.05) is 24.3 Å². The van der Waals surface area contributed by atoms with Gasteiger partial charge in [-0.1, -0.05) is 24.8 Å². The number of ether oxygens (including phenoxy) is 2. The van der Waals surface area contributed by atoms with Crippen molar-refractivity contribution >= 4 is 23.5 Å². The van der Waals surface area contributed by atoms with E-state index in [2.05, 4.69) is 10.3 Å². The molecule has 0 spiro atoms. The maximum atomic E-state index is 12.7. The number of amides is 1. The molecule has 1 aromatic carbocycles. The monoisotopic (exact) mass is 373 g/mol. The van der Waals surface area contributed by atoms with E-state index in [1.807, 2.05) is 32.2 Å². The average Bonchev–Trinajstić information content (AvgIpc) is 2.65. The highest BCUT2D eigenvalue weighted by Crippen LogP contribution is 2.39. The van der Waals surface area contributed by atoms with Gasteiger partial charge in [0.05, 0.1) is 5.56 Å². The van der Waals surface area contributed by atoms with E-state index < -0.39 is 0 Å². The molecular weight excluding hydrogens is 354 g/mol. The smallest absolute Gasteiger partial charge is 0.279 e. The number of nitrogens with zero attached hydrogens (tertiary/aromatic N) is 2. The van der Waals surface area contributed by atoms with E-state index in [-0.39, 0.29) is 23.8 Å². The number of hydrogen-bond acceptors (Lipinski definition) is 6. The number of thioether (sulfide) groups is 1. The number of hydrogen-bond donors (Lipinski definition) is 1. The molecule has 0 bridgehead atoms. The second-order valence-electron chi connectivity index (χ2n) is 6.16. The van der Waals surface area contributed by atoms with Gasteiger partial charge in [-0.05, 0) is 23.4 Å². The van der Waals surface area contributed by atoms with Crippen LogP contribution in [0.25, 0.3) is 0 Å². The molecule has 7 nitrogen and oxygen atoms in total. The number of aromatic nitrogens is 2. The first-order chi connectivity index (χ1) is 12.6. The summed E-state index contributed by atoms with van der Waals surface area (Å²) in [7, 11) is 1.82. The van der Waals surface area contributed by atoms with Gasteiger partial charge in [-0.25, -0.2) is 0 Å². The van der Waals surface area contributed by atoms with Crippen molar-refractivity contribution in [2.24, 2.45) is 7.05 Å². The molecule has 0 aliphatic carbocycles. The molecule has 0 saturated carbocycles. The molecule has 26 heavy (non-hydrogen) atoms. The maximum absolute atomic E-state index is 12.7. The first kappa shape index (κ1) is 17.0. The van der Waals surface area contributed by atoms with Crippen LogP contribution in [0.4, 0.5) is 5.82 Å². The molecule has 0 fully saturated rings. The van der Waals surface area contributed by atoms with Gasteiger partial charge in [0.2, 0.25) is 5.91 Å². The highest BCUT2D eigenvalue weighted by atomic mass is 32.2. The number of benzene rings is 1. The van der Waals surface area contributed by atoms with E-state index in [1.165, 1.54) is 11.8 Å². The lowest BCUT2D eigenvalue weighted by Crippen LogP contribution is -2.33. The van der Waals surface area contributed by atoms with Crippen molar-refractivity contribution in [1.82, 2.24) is 9.55 Å². The van der Waals surface area contributed by atoms with Crippen LogP contribution in [0.1, 0.15) is 30.4 Å². The van der Waals surface area contributed by atoms with Crippen LogP contribution in [-0.2, 0) is 11.8 Å². The highest BCUT2D eigenvalue weighted by Gasteiger charge is 2.32. The molecule has 4 rings (SSSR count). The molecule has 2 aromatic rings. The Hall–Kier alpha value is -2.48. The topological polar surface area (TPSA) is 82.5 Å². The second kappa shape index (κ2) is 6.68. The third kappa shape index (κ3) is 2.84. The van der Waals surface area contributed by atoms with Crippen molar-refractivity contribution in [3.63, 3.8) is 0 Å². The molecule has 1 amide bonds. The van der Waals surface area contributed by atoms with Crippen LogP contribution >= 0.6 is 11.8 Å². The predicted octanol–water partition coefficient (Wildman–Crippen LogP) is 2.14. The number of carbonyl (C=O) groups is 1. The molecule has 8 heteroatoms. The fraction of sp³-hybridized carbons (Fsp3) is 0.389. The SMILES string of the molecule is CCSc1nc(=O)c2c(n1C)NC(=O)CC2c1ccc2c(c1)OCCO2. The van der Waals surface area contributed by atoms with Crippen molar-refractivity contribution in [3.8, 4) is 11.5 Å². The Labute approximate surface area is 154 Å². The predicted molar refractivity (Wildman–Crippen MR) is 98.4 cm³/mol. The fourth-order valence-corrected chi connectivity index (χ4v) is 4.05. The van der Waals surface area contributed by atoms with Crippen LogP contribution < -0.4 is 20.3 Å². The molecule has 1 unspecified atom stereocenters. The summed E-state index contributed by atoms with van der Waals surface area (Å²) in [6, 6.07) is 5.57. The van der Waals surface area contributed by atoms with Crippen LogP contribution in [0.2, 0.25) is 0 Å². The van der Waals surface area contributed by atoms with Crippen molar-refractivity contribution in [2.45, 2.75) is 24.4 Å². The molecule has 2 aliphatic heterocycles. The Morgan fingerprint density at radius 1 is 1.27 bits per heavy atom. The minimum atomic E-state index is -0.360. The maximum Gasteiger partial charge on any atom is 0.279 e. The molecule has 1 aromatic heterocycles. The number of rotatable bonds is 3. The van der Waals surface area contributed by atoms with Crippen molar-refractivity contribution < 1.29 is 14.3 Å². The zero-order valence-corrected chi connectivity index (χ0v) is 15.4. The zero-order valence-electron chi connectivity index (χ0n) is 14.6. The van der Waals surface area contributed by atoms with Crippen LogP contribution in [0.3, 0.4) is 0 Å². The standard InChI is InChI=1S/C18H19N3O4S/c1-3-26-18-20-17(23)15-11(9-14(22)19-16(15)21(18)2)10-4-5-12-13(8-10)25-7-6-24-12/h4-5,8,11H,3,6-7,9H2,1-2H3,(H,19,22).